The number of benzene rings is 2. The number of sulfonamides is 1. The maximum Gasteiger partial charge on any atom is 0.260 e. The molecule has 0 bridgehead atoms. The summed E-state index contributed by atoms with van der Waals surface area (Å²) in [7, 11) is -3.70. The van der Waals surface area contributed by atoms with E-state index in [0.29, 0.717) is 25.6 Å². The van der Waals surface area contributed by atoms with Crippen LogP contribution >= 0.6 is 0 Å². The van der Waals surface area contributed by atoms with Crippen molar-refractivity contribution < 1.29 is 12.8 Å². The molecule has 9 heteroatoms. The fraction of sp³-hybridized carbons (Fsp3) is 0.333. The van der Waals surface area contributed by atoms with Gasteiger partial charge in [0.25, 0.3) is 10.0 Å². The number of aromatic nitrogens is 3. The highest BCUT2D eigenvalue weighted by Gasteiger charge is 2.36. The molecule has 188 valence electrons. The summed E-state index contributed by atoms with van der Waals surface area (Å²) < 4.78 is 43.5. The van der Waals surface area contributed by atoms with Gasteiger partial charge in [0.15, 0.2) is 5.03 Å². The fourth-order valence-electron chi connectivity index (χ4n) is 4.97. The molecule has 1 fully saturated rings. The van der Waals surface area contributed by atoms with Crippen LogP contribution < -0.4 is 0 Å². The van der Waals surface area contributed by atoms with Crippen LogP contribution in [0.5, 0.6) is 0 Å². The molecular formula is C27H30FN5O2S. The smallest absolute Gasteiger partial charge is 0.260 e. The van der Waals surface area contributed by atoms with Crippen LogP contribution in [0.3, 0.4) is 0 Å². The molecule has 1 atom stereocenters. The van der Waals surface area contributed by atoms with Gasteiger partial charge < -0.3 is 0 Å². The lowest BCUT2D eigenvalue weighted by molar-refractivity contribution is 0.105. The zero-order valence-corrected chi connectivity index (χ0v) is 21.5. The topological polar surface area (TPSA) is 71.3 Å². The van der Waals surface area contributed by atoms with Gasteiger partial charge in [0, 0.05) is 43.8 Å². The minimum atomic E-state index is -3.70. The minimum absolute atomic E-state index is 0.0776. The third-order valence-electron chi connectivity index (χ3n) is 6.68. The van der Waals surface area contributed by atoms with Crippen LogP contribution in [0.1, 0.15) is 31.0 Å². The van der Waals surface area contributed by atoms with E-state index in [1.165, 1.54) is 18.3 Å². The Morgan fingerprint density at radius 1 is 1.08 bits per heavy atom. The number of hydrogen-bond donors (Lipinski definition) is 0. The Morgan fingerprint density at radius 2 is 1.86 bits per heavy atom. The molecule has 1 aliphatic heterocycles. The van der Waals surface area contributed by atoms with Crippen molar-refractivity contribution >= 4 is 20.9 Å². The maximum atomic E-state index is 13.4. The van der Waals surface area contributed by atoms with Crippen LogP contribution in [0.2, 0.25) is 0 Å². The summed E-state index contributed by atoms with van der Waals surface area (Å²) >= 11 is 0. The second kappa shape index (κ2) is 9.72. The van der Waals surface area contributed by atoms with Crippen molar-refractivity contribution in [1.82, 2.24) is 24.0 Å². The molecule has 0 saturated carbocycles. The Labute approximate surface area is 211 Å². The van der Waals surface area contributed by atoms with Crippen LogP contribution in [0.4, 0.5) is 4.39 Å². The molecule has 5 rings (SSSR count). The van der Waals surface area contributed by atoms with Crippen LogP contribution in [-0.4, -0.2) is 58.6 Å². The lowest BCUT2D eigenvalue weighted by Crippen LogP contribution is -2.51. The molecule has 0 radical (unpaired) electrons. The van der Waals surface area contributed by atoms with E-state index in [4.69, 9.17) is 0 Å². The zero-order valence-electron chi connectivity index (χ0n) is 20.7. The quantitative estimate of drug-likeness (QED) is 0.382. The van der Waals surface area contributed by atoms with Crippen molar-refractivity contribution in [3.63, 3.8) is 0 Å². The number of rotatable bonds is 6. The molecular weight excluding hydrogens is 477 g/mol. The molecule has 2 aromatic heterocycles. The second-order valence-electron chi connectivity index (χ2n) is 9.74. The van der Waals surface area contributed by atoms with Gasteiger partial charge in [0.1, 0.15) is 5.82 Å². The Hall–Kier alpha value is -3.14. The van der Waals surface area contributed by atoms with Gasteiger partial charge in [-0.15, -0.1) is 0 Å². The van der Waals surface area contributed by atoms with Crippen molar-refractivity contribution in [3.8, 4) is 5.69 Å². The summed E-state index contributed by atoms with van der Waals surface area (Å²) in [5.41, 5.74) is 3.85. The van der Waals surface area contributed by atoms with E-state index in [-0.39, 0.29) is 16.9 Å². The molecule has 3 heterocycles. The number of hydrogen-bond acceptors (Lipinski definition) is 5. The summed E-state index contributed by atoms with van der Waals surface area (Å²) in [4.78, 5) is 6.49. The number of piperazine rings is 1. The monoisotopic (exact) mass is 507 g/mol. The van der Waals surface area contributed by atoms with Crippen LogP contribution in [-0.2, 0) is 10.0 Å². The molecule has 2 aromatic carbocycles. The molecule has 0 N–H and O–H groups in total. The van der Waals surface area contributed by atoms with Crippen molar-refractivity contribution in [2.75, 3.05) is 26.2 Å². The summed E-state index contributed by atoms with van der Waals surface area (Å²) in [6.07, 6.45) is 3.32. The molecule has 7 nitrogen and oxygen atoms in total. The Balaban J connectivity index is 1.53. The number of halogens is 1. The molecule has 0 aliphatic carbocycles. The molecule has 36 heavy (non-hydrogen) atoms. The van der Waals surface area contributed by atoms with Crippen molar-refractivity contribution in [3.05, 3.63) is 83.9 Å². The summed E-state index contributed by atoms with van der Waals surface area (Å²) in [5.74, 6) is 0.151. The average Bonchev–Trinajstić information content (AvgIpc) is 3.27. The Kier molecular flexibility index (Phi) is 6.63. The van der Waals surface area contributed by atoms with E-state index in [1.54, 1.807) is 45.5 Å². The third kappa shape index (κ3) is 4.66. The van der Waals surface area contributed by atoms with E-state index in [2.05, 4.69) is 47.9 Å². The molecule has 4 aromatic rings. The Morgan fingerprint density at radius 3 is 2.56 bits per heavy atom. The third-order valence-corrected chi connectivity index (χ3v) is 8.46. The molecule has 1 saturated heterocycles. The standard InChI is InChI=1S/C27H30FN5O2S/c1-19(2)17-31-12-13-32(36(34,35)27-6-4-5-11-29-27)18-26(31)24-15-21-16-30-33(25(21)14-20(24)3)23-9-7-22(28)8-10-23/h4-11,14-16,19,26H,12-13,17-18H2,1-3H3. The first-order valence-corrected chi connectivity index (χ1v) is 13.6. The van der Waals surface area contributed by atoms with Gasteiger partial charge in [0.05, 0.1) is 17.4 Å². The fourth-order valence-corrected chi connectivity index (χ4v) is 6.34. The van der Waals surface area contributed by atoms with Crippen molar-refractivity contribution in [2.24, 2.45) is 5.92 Å². The highest BCUT2D eigenvalue weighted by atomic mass is 32.2. The maximum absolute atomic E-state index is 13.4. The van der Waals surface area contributed by atoms with E-state index in [9.17, 15) is 12.8 Å². The van der Waals surface area contributed by atoms with Crippen molar-refractivity contribution in [1.29, 1.82) is 0 Å². The first kappa shape index (κ1) is 24.5. The van der Waals surface area contributed by atoms with Crippen molar-refractivity contribution in [2.45, 2.75) is 31.8 Å². The lowest BCUT2D eigenvalue weighted by Gasteiger charge is -2.42. The van der Waals surface area contributed by atoms with Crippen LogP contribution in [0.25, 0.3) is 16.6 Å². The van der Waals surface area contributed by atoms with E-state index < -0.39 is 10.0 Å². The highest BCUT2D eigenvalue weighted by molar-refractivity contribution is 7.89. The molecule has 0 spiro atoms. The first-order valence-electron chi connectivity index (χ1n) is 12.1. The van der Waals surface area contributed by atoms with Gasteiger partial charge in [-0.05, 0) is 72.5 Å². The SMILES string of the molecule is Cc1cc2c(cnn2-c2ccc(F)cc2)cc1C1CN(S(=O)(=O)c2ccccn2)CCN1CC(C)C. The van der Waals surface area contributed by atoms with Gasteiger partial charge in [-0.1, -0.05) is 19.9 Å². The zero-order chi connectivity index (χ0) is 25.4. The largest absolute Gasteiger partial charge is 0.293 e. The Bertz CT molecular complexity index is 1470. The van der Waals surface area contributed by atoms with Crippen LogP contribution in [0.15, 0.2) is 72.0 Å². The number of pyridine rings is 1. The summed E-state index contributed by atoms with van der Waals surface area (Å²) in [5, 5.41) is 5.58. The molecule has 1 unspecified atom stereocenters. The van der Waals surface area contributed by atoms with Gasteiger partial charge in [-0.25, -0.2) is 22.5 Å². The van der Waals surface area contributed by atoms with Gasteiger partial charge >= 0.3 is 0 Å². The van der Waals surface area contributed by atoms with E-state index in [0.717, 1.165) is 34.3 Å². The first-order chi connectivity index (χ1) is 17.2. The predicted octanol–water partition coefficient (Wildman–Crippen LogP) is 4.57. The number of nitrogens with zero attached hydrogens (tertiary/aromatic N) is 5. The average molecular weight is 508 g/mol. The number of aryl methyl sites for hydroxylation is 1. The second-order valence-corrected chi connectivity index (χ2v) is 11.6. The normalized spacial score (nSPS) is 17.8. The number of fused-ring (bicyclic) bond motifs is 1. The predicted molar refractivity (Wildman–Crippen MR) is 138 cm³/mol. The lowest BCUT2D eigenvalue weighted by atomic mass is 9.96. The van der Waals surface area contributed by atoms with E-state index >= 15 is 0 Å². The summed E-state index contributed by atoms with van der Waals surface area (Å²) in [6.45, 7) is 8.69. The minimum Gasteiger partial charge on any atom is -0.293 e. The van der Waals surface area contributed by atoms with Crippen LogP contribution in [0, 0.1) is 18.7 Å². The highest BCUT2D eigenvalue weighted by Crippen LogP contribution is 2.34. The molecule has 1 aliphatic rings. The van der Waals surface area contributed by atoms with E-state index in [1.807, 2.05) is 0 Å². The van der Waals surface area contributed by atoms with Gasteiger partial charge in [-0.3, -0.25) is 4.90 Å². The molecule has 0 amide bonds. The summed E-state index contributed by atoms with van der Waals surface area (Å²) in [6, 6.07) is 15.3. The van der Waals surface area contributed by atoms with Gasteiger partial charge in [0.2, 0.25) is 0 Å². The van der Waals surface area contributed by atoms with Gasteiger partial charge in [-0.2, -0.15) is 9.40 Å².